The highest BCUT2D eigenvalue weighted by atomic mass is 32.2. The maximum Gasteiger partial charge on any atom is 0.316 e. The van der Waals surface area contributed by atoms with Gasteiger partial charge in [0.2, 0.25) is 0 Å². The second kappa shape index (κ2) is 8.95. The number of para-hydroxylation sites is 2. The van der Waals surface area contributed by atoms with Crippen LogP contribution in [0.1, 0.15) is 18.7 Å². The predicted molar refractivity (Wildman–Crippen MR) is 124 cm³/mol. The van der Waals surface area contributed by atoms with Crippen LogP contribution in [0.5, 0.6) is 0 Å². The summed E-state index contributed by atoms with van der Waals surface area (Å²) in [7, 11) is 0. The number of carbonyl (C=O) groups excluding carboxylic acids is 2. The molecule has 8 nitrogen and oxygen atoms in total. The lowest BCUT2D eigenvalue weighted by molar-refractivity contribution is -0.146. The third-order valence-corrected chi connectivity index (χ3v) is 6.01. The number of nitrogens with one attached hydrogen (secondary N) is 1. The zero-order valence-electron chi connectivity index (χ0n) is 17.6. The van der Waals surface area contributed by atoms with E-state index in [1.165, 1.54) is 18.1 Å². The van der Waals surface area contributed by atoms with Gasteiger partial charge in [0, 0.05) is 10.8 Å². The average Bonchev–Trinajstić information content (AvgIpc) is 3.43. The van der Waals surface area contributed by atoms with Crippen molar-refractivity contribution in [3.8, 4) is 0 Å². The summed E-state index contributed by atoms with van der Waals surface area (Å²) in [6.07, 6.45) is 1.44. The number of hydrogen-bond donors (Lipinski definition) is 1. The van der Waals surface area contributed by atoms with Gasteiger partial charge in [0.05, 0.1) is 11.8 Å². The third-order valence-electron chi connectivity index (χ3n) is 5.07. The quantitative estimate of drug-likeness (QED) is 0.212. The molecule has 3 aromatic heterocycles. The molecule has 0 aliphatic carbocycles. The van der Waals surface area contributed by atoms with E-state index >= 15 is 0 Å². The third kappa shape index (κ3) is 4.40. The number of thioether (sulfide) groups is 1. The van der Waals surface area contributed by atoms with E-state index in [-0.39, 0.29) is 18.4 Å². The molecule has 0 saturated carbocycles. The molecule has 1 N–H and O–H groups in total. The minimum absolute atomic E-state index is 0.0183. The maximum absolute atomic E-state index is 12.2. The lowest BCUT2D eigenvalue weighted by atomic mass is 10.2. The van der Waals surface area contributed by atoms with Crippen molar-refractivity contribution >= 4 is 56.7 Å². The SMILES string of the molecule is CC(NC(=O)COC(=O)CSc1ncnc2c1oc1ccccc12)c1cc2ccccc2o1. The molecule has 33 heavy (non-hydrogen) atoms. The lowest BCUT2D eigenvalue weighted by Gasteiger charge is -2.11. The first-order valence-corrected chi connectivity index (χ1v) is 11.3. The number of carbonyl (C=O) groups is 2. The number of esters is 1. The van der Waals surface area contributed by atoms with Crippen LogP contribution in [0.4, 0.5) is 0 Å². The van der Waals surface area contributed by atoms with Crippen LogP contribution in [0.2, 0.25) is 0 Å². The molecule has 5 aromatic rings. The number of furan rings is 2. The van der Waals surface area contributed by atoms with Gasteiger partial charge in [0.25, 0.3) is 5.91 Å². The molecule has 0 fully saturated rings. The molecule has 0 aliphatic rings. The van der Waals surface area contributed by atoms with Crippen molar-refractivity contribution in [1.82, 2.24) is 15.3 Å². The Labute approximate surface area is 192 Å². The number of aromatic nitrogens is 2. The summed E-state index contributed by atoms with van der Waals surface area (Å²) in [5, 5.41) is 5.15. The van der Waals surface area contributed by atoms with Crippen molar-refractivity contribution in [3.05, 3.63) is 66.7 Å². The highest BCUT2D eigenvalue weighted by Crippen LogP contribution is 2.32. The minimum Gasteiger partial charge on any atom is -0.459 e. The van der Waals surface area contributed by atoms with Crippen LogP contribution in [-0.4, -0.2) is 34.2 Å². The zero-order valence-corrected chi connectivity index (χ0v) is 18.4. The molecule has 0 bridgehead atoms. The number of amides is 1. The highest BCUT2D eigenvalue weighted by molar-refractivity contribution is 8.00. The van der Waals surface area contributed by atoms with Gasteiger partial charge in [-0.25, -0.2) is 9.97 Å². The van der Waals surface area contributed by atoms with Crippen LogP contribution in [0.3, 0.4) is 0 Å². The maximum atomic E-state index is 12.2. The Balaban J connectivity index is 1.15. The summed E-state index contributed by atoms with van der Waals surface area (Å²) in [5.74, 6) is -0.335. The molecule has 0 aliphatic heterocycles. The molecular formula is C24H19N3O5S. The first-order valence-electron chi connectivity index (χ1n) is 10.3. The van der Waals surface area contributed by atoms with Gasteiger partial charge < -0.3 is 18.9 Å². The molecule has 166 valence electrons. The standard InChI is InChI=1S/C24H19N3O5S/c1-14(19-10-15-6-2-4-8-17(15)31-19)27-20(28)11-30-21(29)12-33-24-23-22(25-13-26-24)16-7-3-5-9-18(16)32-23/h2-10,13-14H,11-12H2,1H3,(H,27,28). The van der Waals surface area contributed by atoms with Crippen molar-refractivity contribution < 1.29 is 23.2 Å². The van der Waals surface area contributed by atoms with E-state index in [0.717, 1.165) is 16.4 Å². The molecular weight excluding hydrogens is 442 g/mol. The molecule has 1 amide bonds. The summed E-state index contributed by atoms with van der Waals surface area (Å²) < 4.78 is 16.7. The number of nitrogens with zero attached hydrogens (tertiary/aromatic N) is 2. The van der Waals surface area contributed by atoms with Crippen molar-refractivity contribution in [2.24, 2.45) is 0 Å². The van der Waals surface area contributed by atoms with Crippen molar-refractivity contribution in [2.75, 3.05) is 12.4 Å². The zero-order chi connectivity index (χ0) is 22.8. The Bertz CT molecular complexity index is 1440. The largest absolute Gasteiger partial charge is 0.459 e. The molecule has 0 radical (unpaired) electrons. The van der Waals surface area contributed by atoms with Gasteiger partial charge in [-0.3, -0.25) is 9.59 Å². The monoisotopic (exact) mass is 461 g/mol. The fourth-order valence-corrected chi connectivity index (χ4v) is 4.22. The number of hydrogen-bond acceptors (Lipinski definition) is 8. The van der Waals surface area contributed by atoms with Gasteiger partial charge in [-0.05, 0) is 31.2 Å². The van der Waals surface area contributed by atoms with Crippen molar-refractivity contribution in [3.63, 3.8) is 0 Å². The Kier molecular flexibility index (Phi) is 5.70. The second-order valence-corrected chi connectivity index (χ2v) is 8.34. The second-order valence-electron chi connectivity index (χ2n) is 7.38. The van der Waals surface area contributed by atoms with Gasteiger partial charge >= 0.3 is 5.97 Å². The van der Waals surface area contributed by atoms with E-state index in [1.807, 2.05) is 54.6 Å². The highest BCUT2D eigenvalue weighted by Gasteiger charge is 2.17. The van der Waals surface area contributed by atoms with E-state index in [0.29, 0.717) is 27.5 Å². The Morgan fingerprint density at radius 3 is 2.70 bits per heavy atom. The minimum atomic E-state index is -0.533. The number of ether oxygens (including phenoxy) is 1. The molecule has 5 rings (SSSR count). The van der Waals surface area contributed by atoms with Crippen molar-refractivity contribution in [2.45, 2.75) is 18.0 Å². The van der Waals surface area contributed by atoms with Gasteiger partial charge in [0.15, 0.2) is 12.2 Å². The molecule has 1 unspecified atom stereocenters. The van der Waals surface area contributed by atoms with Gasteiger partial charge in [-0.2, -0.15) is 0 Å². The predicted octanol–water partition coefficient (Wildman–Crippen LogP) is 4.63. The Morgan fingerprint density at radius 1 is 1.06 bits per heavy atom. The summed E-state index contributed by atoms with van der Waals surface area (Å²) in [4.78, 5) is 32.9. The number of rotatable bonds is 7. The molecule has 0 spiro atoms. The molecule has 2 aromatic carbocycles. The normalized spacial score (nSPS) is 12.3. The summed E-state index contributed by atoms with van der Waals surface area (Å²) in [6, 6.07) is 16.7. The fourth-order valence-electron chi connectivity index (χ4n) is 3.49. The van der Waals surface area contributed by atoms with Crippen LogP contribution >= 0.6 is 11.8 Å². The van der Waals surface area contributed by atoms with E-state index in [4.69, 9.17) is 13.6 Å². The lowest BCUT2D eigenvalue weighted by Crippen LogP contribution is -2.31. The number of fused-ring (bicyclic) bond motifs is 4. The van der Waals surface area contributed by atoms with Crippen molar-refractivity contribution in [1.29, 1.82) is 0 Å². The summed E-state index contributed by atoms with van der Waals surface area (Å²) in [6.45, 7) is 1.43. The van der Waals surface area contributed by atoms with E-state index < -0.39 is 11.9 Å². The van der Waals surface area contributed by atoms with Crippen LogP contribution in [0.15, 0.2) is 74.8 Å². The Hall–Kier alpha value is -3.85. The summed E-state index contributed by atoms with van der Waals surface area (Å²) >= 11 is 1.17. The first-order chi connectivity index (χ1) is 16.1. The average molecular weight is 461 g/mol. The van der Waals surface area contributed by atoms with Gasteiger partial charge in [0.1, 0.15) is 33.8 Å². The van der Waals surface area contributed by atoms with Gasteiger partial charge in [-0.1, -0.05) is 42.1 Å². The molecule has 3 heterocycles. The smallest absolute Gasteiger partial charge is 0.316 e. The molecule has 0 saturated heterocycles. The van der Waals surface area contributed by atoms with Crippen LogP contribution in [-0.2, 0) is 14.3 Å². The van der Waals surface area contributed by atoms with Gasteiger partial charge in [-0.15, -0.1) is 0 Å². The van der Waals surface area contributed by atoms with E-state index in [9.17, 15) is 9.59 Å². The first kappa shape index (κ1) is 21.0. The van der Waals surface area contributed by atoms with Crippen LogP contribution in [0.25, 0.3) is 33.0 Å². The topological polar surface area (TPSA) is 107 Å². The molecule has 1 atom stereocenters. The van der Waals surface area contributed by atoms with E-state index in [2.05, 4.69) is 15.3 Å². The number of benzene rings is 2. The van der Waals surface area contributed by atoms with E-state index in [1.54, 1.807) is 6.92 Å². The summed E-state index contributed by atoms with van der Waals surface area (Å²) in [5.41, 5.74) is 2.66. The van der Waals surface area contributed by atoms with Crippen LogP contribution < -0.4 is 5.32 Å². The molecule has 9 heteroatoms. The Morgan fingerprint density at radius 2 is 1.85 bits per heavy atom. The fraction of sp³-hybridized carbons (Fsp3) is 0.167. The van der Waals surface area contributed by atoms with Crippen LogP contribution in [0, 0.1) is 0 Å².